The van der Waals surface area contributed by atoms with Gasteiger partial charge in [-0.1, -0.05) is 18.2 Å². The first kappa shape index (κ1) is 27.0. The topological polar surface area (TPSA) is 82.2 Å². The van der Waals surface area contributed by atoms with Crippen molar-refractivity contribution in [1.82, 2.24) is 20.0 Å². The van der Waals surface area contributed by atoms with Crippen molar-refractivity contribution in [3.05, 3.63) is 46.7 Å². The summed E-state index contributed by atoms with van der Waals surface area (Å²) in [4.78, 5) is 44.3. The number of carbonyl (C=O) groups excluding carboxylic acids is 3. The molecule has 2 unspecified atom stereocenters. The van der Waals surface area contributed by atoms with Gasteiger partial charge in [0.15, 0.2) is 0 Å². The van der Waals surface area contributed by atoms with Gasteiger partial charge in [0.2, 0.25) is 5.91 Å². The second-order valence-electron chi connectivity index (χ2n) is 9.68. The highest BCUT2D eigenvalue weighted by molar-refractivity contribution is 5.95. The lowest BCUT2D eigenvalue weighted by Crippen LogP contribution is -2.56. The Morgan fingerprint density at radius 3 is 2.43 bits per heavy atom. The van der Waals surface area contributed by atoms with Crippen molar-refractivity contribution in [2.24, 2.45) is 5.92 Å². The highest BCUT2D eigenvalue weighted by Gasteiger charge is 2.43. The molecule has 2 atom stereocenters. The molecule has 3 aliphatic rings. The van der Waals surface area contributed by atoms with Crippen molar-refractivity contribution in [1.29, 1.82) is 0 Å². The minimum atomic E-state index is -4.68. The third-order valence-electron chi connectivity index (χ3n) is 7.12. The zero-order valence-corrected chi connectivity index (χ0v) is 21.3. The van der Waals surface area contributed by atoms with Gasteiger partial charge in [0.1, 0.15) is 0 Å². The predicted molar refractivity (Wildman–Crippen MR) is 129 cm³/mol. The number of rotatable bonds is 7. The SMILES string of the molecule is CCOC(=O)C1=C(CN2CCN(C(=O)C3CC3)C(C)C2)N(CC)C(=O)NC1c1ccccc1C(F)(F)F. The molecule has 1 N–H and O–H groups in total. The summed E-state index contributed by atoms with van der Waals surface area (Å²) in [6, 6.07) is 2.96. The Hall–Kier alpha value is -3.08. The van der Waals surface area contributed by atoms with Crippen molar-refractivity contribution < 1.29 is 32.3 Å². The number of carbonyl (C=O) groups is 3. The Morgan fingerprint density at radius 2 is 1.84 bits per heavy atom. The number of urea groups is 1. The Labute approximate surface area is 214 Å². The van der Waals surface area contributed by atoms with Crippen LogP contribution in [0.5, 0.6) is 0 Å². The fraction of sp³-hybridized carbons (Fsp3) is 0.577. The lowest BCUT2D eigenvalue weighted by molar-refractivity contribution is -0.141. The molecule has 0 radical (unpaired) electrons. The monoisotopic (exact) mass is 522 g/mol. The quantitative estimate of drug-likeness (QED) is 0.554. The first-order valence-electron chi connectivity index (χ1n) is 12.7. The Balaban J connectivity index is 1.72. The minimum absolute atomic E-state index is 0.0101. The average Bonchev–Trinajstić information content (AvgIpc) is 3.69. The Morgan fingerprint density at radius 1 is 1.14 bits per heavy atom. The van der Waals surface area contributed by atoms with Crippen LogP contribution in [0.3, 0.4) is 0 Å². The van der Waals surface area contributed by atoms with Gasteiger partial charge in [0.05, 0.1) is 23.8 Å². The van der Waals surface area contributed by atoms with Crippen molar-refractivity contribution in [3.63, 3.8) is 0 Å². The van der Waals surface area contributed by atoms with Crippen LogP contribution >= 0.6 is 0 Å². The summed E-state index contributed by atoms with van der Waals surface area (Å²) < 4.78 is 47.0. The van der Waals surface area contributed by atoms with Crippen molar-refractivity contribution >= 4 is 17.9 Å². The molecule has 8 nitrogen and oxygen atoms in total. The lowest BCUT2D eigenvalue weighted by Gasteiger charge is -2.43. The molecule has 1 saturated carbocycles. The van der Waals surface area contributed by atoms with Gasteiger partial charge < -0.3 is 15.0 Å². The van der Waals surface area contributed by atoms with Crippen LogP contribution in [-0.4, -0.2) is 78.0 Å². The molecule has 1 aromatic carbocycles. The minimum Gasteiger partial charge on any atom is -0.463 e. The molecule has 2 aliphatic heterocycles. The number of halogens is 3. The molecule has 0 bridgehead atoms. The lowest BCUT2D eigenvalue weighted by atomic mass is 9.90. The number of hydrogen-bond acceptors (Lipinski definition) is 5. The van der Waals surface area contributed by atoms with Crippen molar-refractivity contribution in [2.75, 3.05) is 39.3 Å². The highest BCUT2D eigenvalue weighted by atomic mass is 19.4. The molecule has 37 heavy (non-hydrogen) atoms. The summed E-state index contributed by atoms with van der Waals surface area (Å²) in [5.74, 6) is -0.498. The maximum Gasteiger partial charge on any atom is 0.416 e. The van der Waals surface area contributed by atoms with Gasteiger partial charge in [0, 0.05) is 50.4 Å². The van der Waals surface area contributed by atoms with Crippen LogP contribution in [0.2, 0.25) is 0 Å². The summed E-state index contributed by atoms with van der Waals surface area (Å²) in [7, 11) is 0. The smallest absolute Gasteiger partial charge is 0.416 e. The molecule has 1 aromatic rings. The third kappa shape index (κ3) is 5.61. The van der Waals surface area contributed by atoms with Gasteiger partial charge in [-0.2, -0.15) is 13.2 Å². The molecule has 2 fully saturated rings. The van der Waals surface area contributed by atoms with E-state index in [1.165, 1.54) is 23.1 Å². The number of nitrogens with one attached hydrogen (secondary N) is 1. The number of alkyl halides is 3. The fourth-order valence-electron chi connectivity index (χ4n) is 5.18. The van der Waals surface area contributed by atoms with Crippen LogP contribution in [0.15, 0.2) is 35.5 Å². The summed E-state index contributed by atoms with van der Waals surface area (Å²) in [6.07, 6.45) is -2.84. The molecule has 2 heterocycles. The molecule has 1 saturated heterocycles. The molecule has 4 rings (SSSR count). The molecular formula is C26H33F3N4O4. The number of ether oxygens (including phenoxy) is 1. The molecular weight excluding hydrogens is 489 g/mol. The number of hydrogen-bond donors (Lipinski definition) is 1. The number of nitrogens with zero attached hydrogens (tertiary/aromatic N) is 3. The van der Waals surface area contributed by atoms with Crippen molar-refractivity contribution in [3.8, 4) is 0 Å². The Bertz CT molecular complexity index is 1090. The van der Waals surface area contributed by atoms with Crippen LogP contribution in [0.1, 0.15) is 50.8 Å². The molecule has 1 aliphatic carbocycles. The number of likely N-dealkylation sites (N-methyl/N-ethyl adjacent to an activating group) is 1. The van der Waals surface area contributed by atoms with Gasteiger partial charge >= 0.3 is 18.2 Å². The van der Waals surface area contributed by atoms with Crippen LogP contribution in [0, 0.1) is 5.92 Å². The summed E-state index contributed by atoms with van der Waals surface area (Å²) in [6.45, 7) is 7.27. The summed E-state index contributed by atoms with van der Waals surface area (Å²) in [5.41, 5.74) is -0.829. The van der Waals surface area contributed by atoms with E-state index in [0.29, 0.717) is 25.3 Å². The maximum atomic E-state index is 13.9. The van der Waals surface area contributed by atoms with E-state index in [1.54, 1.807) is 13.8 Å². The van der Waals surface area contributed by atoms with Crippen LogP contribution in [0.4, 0.5) is 18.0 Å². The van der Waals surface area contributed by atoms with Gasteiger partial charge in [-0.15, -0.1) is 0 Å². The largest absolute Gasteiger partial charge is 0.463 e. The van der Waals surface area contributed by atoms with Gasteiger partial charge in [-0.05, 0) is 45.2 Å². The van der Waals surface area contributed by atoms with E-state index in [1.807, 2.05) is 16.7 Å². The second kappa shape index (κ2) is 10.7. The second-order valence-corrected chi connectivity index (χ2v) is 9.68. The zero-order chi connectivity index (χ0) is 26.9. The van der Waals surface area contributed by atoms with E-state index in [0.717, 1.165) is 18.9 Å². The molecule has 11 heteroatoms. The van der Waals surface area contributed by atoms with Crippen molar-refractivity contribution in [2.45, 2.75) is 51.9 Å². The molecule has 3 amide bonds. The zero-order valence-electron chi connectivity index (χ0n) is 21.3. The predicted octanol–water partition coefficient (Wildman–Crippen LogP) is 3.55. The number of benzene rings is 1. The Kier molecular flexibility index (Phi) is 7.82. The van der Waals surface area contributed by atoms with Crippen LogP contribution < -0.4 is 5.32 Å². The van der Waals surface area contributed by atoms with Gasteiger partial charge in [-0.25, -0.2) is 9.59 Å². The van der Waals surface area contributed by atoms with Crippen LogP contribution in [-0.2, 0) is 20.5 Å². The van der Waals surface area contributed by atoms with E-state index in [-0.39, 0.29) is 48.7 Å². The number of esters is 1. The normalized spacial score (nSPS) is 23.2. The van der Waals surface area contributed by atoms with E-state index in [4.69, 9.17) is 4.74 Å². The third-order valence-corrected chi connectivity index (χ3v) is 7.12. The first-order valence-corrected chi connectivity index (χ1v) is 12.7. The van der Waals surface area contributed by atoms with E-state index in [9.17, 15) is 27.6 Å². The number of amides is 3. The molecule has 0 spiro atoms. The summed E-state index contributed by atoms with van der Waals surface area (Å²) >= 11 is 0. The average molecular weight is 523 g/mol. The fourth-order valence-corrected chi connectivity index (χ4v) is 5.18. The first-order chi connectivity index (χ1) is 17.6. The van der Waals surface area contributed by atoms with Gasteiger partial charge in [0.25, 0.3) is 0 Å². The summed E-state index contributed by atoms with van der Waals surface area (Å²) in [5, 5.41) is 2.61. The number of piperazine rings is 1. The highest BCUT2D eigenvalue weighted by Crippen LogP contribution is 2.40. The standard InChI is InChI=1S/C26H33F3N4O4/c1-4-32-20(15-31-12-13-33(16(3)14-31)23(34)17-10-11-17)21(24(35)37-5-2)22(30-25(32)36)18-8-6-7-9-19(18)26(27,28)29/h6-9,16-17,22H,4-5,10-15H2,1-3H3,(H,30,36). The maximum absolute atomic E-state index is 13.9. The molecule has 0 aromatic heterocycles. The van der Waals surface area contributed by atoms with Gasteiger partial charge in [-0.3, -0.25) is 14.6 Å². The molecule has 202 valence electrons. The van der Waals surface area contributed by atoms with Crippen LogP contribution in [0.25, 0.3) is 0 Å². The van der Waals surface area contributed by atoms with E-state index in [2.05, 4.69) is 5.32 Å². The van der Waals surface area contributed by atoms with E-state index < -0.39 is 29.8 Å². The van der Waals surface area contributed by atoms with E-state index >= 15 is 0 Å².